The van der Waals surface area contributed by atoms with Crippen LogP contribution < -0.4 is 10.2 Å². The second kappa shape index (κ2) is 9.30. The van der Waals surface area contributed by atoms with Crippen molar-refractivity contribution in [2.24, 2.45) is 0 Å². The minimum absolute atomic E-state index is 0.404. The first-order valence-electron chi connectivity index (χ1n) is 7.65. The van der Waals surface area contributed by atoms with Gasteiger partial charge in [-0.1, -0.05) is 25.1 Å². The van der Waals surface area contributed by atoms with Crippen LogP contribution in [0.2, 0.25) is 0 Å². The molecule has 0 heterocycles. The molecule has 0 saturated carbocycles. The lowest BCUT2D eigenvalue weighted by Crippen LogP contribution is -2.31. The summed E-state index contributed by atoms with van der Waals surface area (Å²) in [7, 11) is 2.22. The van der Waals surface area contributed by atoms with Crippen LogP contribution in [0.25, 0.3) is 0 Å². The molecule has 2 atom stereocenters. The van der Waals surface area contributed by atoms with E-state index < -0.39 is 0 Å². The summed E-state index contributed by atoms with van der Waals surface area (Å²) in [6.45, 7) is 7.86. The van der Waals surface area contributed by atoms with Crippen molar-refractivity contribution in [3.63, 3.8) is 0 Å². The maximum Gasteiger partial charge on any atom is 0.0414 e. The first kappa shape index (κ1) is 17.4. The Kier molecular flexibility index (Phi) is 8.08. The van der Waals surface area contributed by atoms with Gasteiger partial charge in [-0.05, 0) is 56.9 Å². The topological polar surface area (TPSA) is 15.3 Å². The summed E-state index contributed by atoms with van der Waals surface area (Å²) in [4.78, 5) is 2.43. The van der Waals surface area contributed by atoms with E-state index in [1.165, 1.54) is 29.8 Å². The second-order valence-electron chi connectivity index (χ2n) is 5.48. The van der Waals surface area contributed by atoms with E-state index in [4.69, 9.17) is 0 Å². The Balaban J connectivity index is 2.82. The quantitative estimate of drug-likeness (QED) is 0.730. The first-order chi connectivity index (χ1) is 9.61. The molecule has 0 saturated heterocycles. The number of nitrogens with one attached hydrogen (secondary N) is 1. The van der Waals surface area contributed by atoms with Crippen LogP contribution in [0.3, 0.4) is 0 Å². The van der Waals surface area contributed by atoms with E-state index in [1.54, 1.807) is 0 Å². The Labute approximate surface area is 129 Å². The number of benzene rings is 1. The molecule has 0 spiro atoms. The molecule has 0 fully saturated rings. The fourth-order valence-electron chi connectivity index (χ4n) is 2.37. The van der Waals surface area contributed by atoms with Gasteiger partial charge in [0.2, 0.25) is 0 Å². The summed E-state index contributed by atoms with van der Waals surface area (Å²) in [5, 5.41) is 3.60. The monoisotopic (exact) mass is 294 g/mol. The summed E-state index contributed by atoms with van der Waals surface area (Å²) in [5.74, 6) is 1.22. The van der Waals surface area contributed by atoms with Gasteiger partial charge in [-0.2, -0.15) is 11.8 Å². The normalized spacial score (nSPS) is 14.1. The minimum atomic E-state index is 0.404. The highest BCUT2D eigenvalue weighted by Gasteiger charge is 2.16. The van der Waals surface area contributed by atoms with Crippen molar-refractivity contribution in [2.75, 3.05) is 30.5 Å². The molecule has 1 aromatic carbocycles. The molecule has 3 heteroatoms. The number of hydrogen-bond donors (Lipinski definition) is 1. The Morgan fingerprint density at radius 2 is 1.95 bits per heavy atom. The number of nitrogens with zero attached hydrogens (tertiary/aromatic N) is 1. The molecule has 20 heavy (non-hydrogen) atoms. The van der Waals surface area contributed by atoms with Crippen LogP contribution in [0.5, 0.6) is 0 Å². The van der Waals surface area contributed by atoms with E-state index in [-0.39, 0.29) is 0 Å². The zero-order valence-electron chi connectivity index (χ0n) is 13.6. The SMILES string of the molecule is CCCNC(C)c1ccccc1N(C)C(C)CCSC. The third-order valence-corrected chi connectivity index (χ3v) is 4.53. The van der Waals surface area contributed by atoms with E-state index >= 15 is 0 Å². The van der Waals surface area contributed by atoms with Gasteiger partial charge in [0.1, 0.15) is 0 Å². The van der Waals surface area contributed by atoms with E-state index in [2.05, 4.69) is 68.6 Å². The van der Waals surface area contributed by atoms with Crippen LogP contribution in [0, 0.1) is 0 Å². The lowest BCUT2D eigenvalue weighted by Gasteiger charge is -2.30. The van der Waals surface area contributed by atoms with Crippen LogP contribution >= 0.6 is 11.8 Å². The number of thioether (sulfide) groups is 1. The molecule has 2 nitrogen and oxygen atoms in total. The molecule has 0 amide bonds. The van der Waals surface area contributed by atoms with Crippen molar-refractivity contribution in [1.82, 2.24) is 5.32 Å². The fourth-order valence-corrected chi connectivity index (χ4v) is 2.94. The molecule has 1 rings (SSSR count). The summed E-state index contributed by atoms with van der Waals surface area (Å²) in [5.41, 5.74) is 2.76. The number of hydrogen-bond acceptors (Lipinski definition) is 3. The van der Waals surface area contributed by atoms with Crippen molar-refractivity contribution in [3.8, 4) is 0 Å². The zero-order valence-corrected chi connectivity index (χ0v) is 14.5. The largest absolute Gasteiger partial charge is 0.372 e. The van der Waals surface area contributed by atoms with Crippen molar-refractivity contribution < 1.29 is 0 Å². The molecular weight excluding hydrogens is 264 g/mol. The highest BCUT2D eigenvalue weighted by Crippen LogP contribution is 2.27. The lowest BCUT2D eigenvalue weighted by molar-refractivity contribution is 0.566. The molecular formula is C17H30N2S. The molecule has 0 bridgehead atoms. The van der Waals surface area contributed by atoms with Crippen LogP contribution in [-0.2, 0) is 0 Å². The third-order valence-electron chi connectivity index (χ3n) is 3.88. The lowest BCUT2D eigenvalue weighted by atomic mass is 10.0. The van der Waals surface area contributed by atoms with Gasteiger partial charge >= 0.3 is 0 Å². The Hall–Kier alpha value is -0.670. The van der Waals surface area contributed by atoms with Crippen LogP contribution in [0.1, 0.15) is 45.2 Å². The number of para-hydroxylation sites is 1. The maximum absolute atomic E-state index is 3.60. The number of rotatable bonds is 9. The predicted octanol–water partition coefficient (Wildman–Crippen LogP) is 4.33. The number of anilines is 1. The second-order valence-corrected chi connectivity index (χ2v) is 6.46. The van der Waals surface area contributed by atoms with E-state index in [1.807, 2.05) is 11.8 Å². The van der Waals surface area contributed by atoms with E-state index in [9.17, 15) is 0 Å². The molecule has 1 N–H and O–H groups in total. The minimum Gasteiger partial charge on any atom is -0.372 e. The van der Waals surface area contributed by atoms with Gasteiger partial charge in [-0.3, -0.25) is 0 Å². The van der Waals surface area contributed by atoms with Gasteiger partial charge in [0.15, 0.2) is 0 Å². The van der Waals surface area contributed by atoms with Crippen LogP contribution in [0.15, 0.2) is 24.3 Å². The van der Waals surface area contributed by atoms with Crippen molar-refractivity contribution in [3.05, 3.63) is 29.8 Å². The average Bonchev–Trinajstić information content (AvgIpc) is 2.49. The molecule has 0 aromatic heterocycles. The van der Waals surface area contributed by atoms with Gasteiger partial charge in [-0.25, -0.2) is 0 Å². The highest BCUT2D eigenvalue weighted by molar-refractivity contribution is 7.98. The Bertz CT molecular complexity index is 381. The molecule has 2 unspecified atom stereocenters. The summed E-state index contributed by atoms with van der Waals surface area (Å²) in [6.07, 6.45) is 4.58. The highest BCUT2D eigenvalue weighted by atomic mass is 32.2. The molecule has 0 aliphatic heterocycles. The summed E-state index contributed by atoms with van der Waals surface area (Å²) >= 11 is 1.93. The summed E-state index contributed by atoms with van der Waals surface area (Å²) < 4.78 is 0. The molecule has 0 aliphatic rings. The fraction of sp³-hybridized carbons (Fsp3) is 0.647. The summed E-state index contributed by atoms with van der Waals surface area (Å²) in [6, 6.07) is 9.76. The van der Waals surface area contributed by atoms with Gasteiger partial charge < -0.3 is 10.2 Å². The van der Waals surface area contributed by atoms with Crippen molar-refractivity contribution in [2.45, 2.75) is 45.7 Å². The van der Waals surface area contributed by atoms with Gasteiger partial charge in [-0.15, -0.1) is 0 Å². The first-order valence-corrected chi connectivity index (χ1v) is 9.05. The predicted molar refractivity (Wildman–Crippen MR) is 94.0 cm³/mol. The average molecular weight is 295 g/mol. The molecule has 0 radical (unpaired) electrons. The van der Waals surface area contributed by atoms with Gasteiger partial charge in [0.05, 0.1) is 0 Å². The smallest absolute Gasteiger partial charge is 0.0414 e. The van der Waals surface area contributed by atoms with Crippen LogP contribution in [-0.4, -0.2) is 31.6 Å². The Morgan fingerprint density at radius 3 is 2.60 bits per heavy atom. The molecule has 114 valence electrons. The van der Waals surface area contributed by atoms with E-state index in [0.29, 0.717) is 12.1 Å². The molecule has 1 aromatic rings. The van der Waals surface area contributed by atoms with Crippen LogP contribution in [0.4, 0.5) is 5.69 Å². The van der Waals surface area contributed by atoms with Gasteiger partial charge in [0, 0.05) is 24.8 Å². The van der Waals surface area contributed by atoms with E-state index in [0.717, 1.165) is 6.54 Å². The zero-order chi connectivity index (χ0) is 15.0. The standard InChI is InChI=1S/C17H30N2S/c1-6-12-18-15(3)16-9-7-8-10-17(16)19(4)14(2)11-13-20-5/h7-10,14-15,18H,6,11-13H2,1-5H3. The molecule has 0 aliphatic carbocycles. The van der Waals surface area contributed by atoms with Crippen molar-refractivity contribution >= 4 is 17.4 Å². The maximum atomic E-state index is 3.60. The van der Waals surface area contributed by atoms with Crippen molar-refractivity contribution in [1.29, 1.82) is 0 Å². The van der Waals surface area contributed by atoms with Gasteiger partial charge in [0.25, 0.3) is 0 Å². The third kappa shape index (κ3) is 5.02. The Morgan fingerprint density at radius 1 is 1.25 bits per heavy atom.